The van der Waals surface area contributed by atoms with E-state index >= 15 is 0 Å². The molecule has 0 aliphatic rings. The van der Waals surface area contributed by atoms with Gasteiger partial charge in [-0.3, -0.25) is 4.79 Å². The topological polar surface area (TPSA) is 29.5 Å². The van der Waals surface area contributed by atoms with Crippen LogP contribution in [0.3, 0.4) is 0 Å². The van der Waals surface area contributed by atoms with Crippen molar-refractivity contribution in [1.29, 1.82) is 0 Å². The molecule has 3 nitrogen and oxygen atoms in total. The summed E-state index contributed by atoms with van der Waals surface area (Å²) in [7, 11) is 1.82. The van der Waals surface area contributed by atoms with Gasteiger partial charge in [0.15, 0.2) is 6.61 Å². The molecule has 2 rings (SSSR count). The van der Waals surface area contributed by atoms with E-state index in [9.17, 15) is 4.79 Å². The lowest BCUT2D eigenvalue weighted by Gasteiger charge is -2.17. The van der Waals surface area contributed by atoms with Crippen LogP contribution >= 0.6 is 15.9 Å². The number of rotatable bonds is 6. The Kier molecular flexibility index (Phi) is 5.62. The van der Waals surface area contributed by atoms with Crippen molar-refractivity contribution < 1.29 is 9.53 Å². The summed E-state index contributed by atoms with van der Waals surface area (Å²) >= 11 is 3.56. The van der Waals surface area contributed by atoms with E-state index in [0.29, 0.717) is 5.75 Å². The van der Waals surface area contributed by atoms with Crippen molar-refractivity contribution in [1.82, 2.24) is 4.90 Å². The van der Waals surface area contributed by atoms with E-state index in [-0.39, 0.29) is 12.5 Å². The number of likely N-dealkylation sites (N-methyl/N-ethyl adjacent to an activating group) is 1. The molecule has 0 aliphatic heterocycles. The van der Waals surface area contributed by atoms with Crippen LogP contribution in [0.15, 0.2) is 40.9 Å². The van der Waals surface area contributed by atoms with Gasteiger partial charge in [0, 0.05) is 13.6 Å². The van der Waals surface area contributed by atoms with Gasteiger partial charge in [0.1, 0.15) is 5.75 Å². The van der Waals surface area contributed by atoms with Gasteiger partial charge in [0.05, 0.1) is 4.47 Å². The number of nitrogens with zero attached hydrogens (tertiary/aromatic N) is 1. The number of amides is 1. The highest BCUT2D eigenvalue weighted by atomic mass is 79.9. The first kappa shape index (κ1) is 15.8. The highest BCUT2D eigenvalue weighted by Crippen LogP contribution is 2.32. The number of benzene rings is 2. The minimum absolute atomic E-state index is 0.00325. The fourth-order valence-electron chi connectivity index (χ4n) is 2.09. The lowest BCUT2D eigenvalue weighted by molar-refractivity contribution is -0.132. The summed E-state index contributed by atoms with van der Waals surface area (Å²) in [5.41, 5.74) is 0. The van der Waals surface area contributed by atoms with Gasteiger partial charge >= 0.3 is 0 Å². The summed E-state index contributed by atoms with van der Waals surface area (Å²) in [5, 5.41) is 2.23. The minimum Gasteiger partial charge on any atom is -0.483 e. The predicted molar refractivity (Wildman–Crippen MR) is 89.7 cm³/mol. The summed E-state index contributed by atoms with van der Waals surface area (Å²) in [4.78, 5) is 13.7. The second-order valence-electron chi connectivity index (χ2n) is 5.06. The number of carbonyl (C=O) groups excluding carboxylic acids is 1. The Hall–Kier alpha value is -1.55. The van der Waals surface area contributed by atoms with E-state index in [1.54, 1.807) is 4.90 Å². The number of halogens is 1. The Morgan fingerprint density at radius 3 is 2.76 bits per heavy atom. The summed E-state index contributed by atoms with van der Waals surface area (Å²) in [5.74, 6) is 0.703. The molecule has 0 aromatic heterocycles. The first-order valence-electron chi connectivity index (χ1n) is 7.17. The van der Waals surface area contributed by atoms with Crippen LogP contribution in [0.2, 0.25) is 0 Å². The highest BCUT2D eigenvalue weighted by molar-refractivity contribution is 9.10. The second kappa shape index (κ2) is 7.46. The molecule has 1 amide bonds. The van der Waals surface area contributed by atoms with E-state index in [2.05, 4.69) is 22.9 Å². The molecule has 112 valence electrons. The maximum absolute atomic E-state index is 12.0. The van der Waals surface area contributed by atoms with E-state index in [1.165, 1.54) is 0 Å². The van der Waals surface area contributed by atoms with E-state index in [4.69, 9.17) is 4.74 Å². The van der Waals surface area contributed by atoms with Crippen LogP contribution in [0.1, 0.15) is 19.8 Å². The van der Waals surface area contributed by atoms with Crippen molar-refractivity contribution in [2.45, 2.75) is 19.8 Å². The minimum atomic E-state index is 0.00325. The molecule has 0 unspecified atom stereocenters. The van der Waals surface area contributed by atoms with Crippen LogP contribution in [-0.4, -0.2) is 31.0 Å². The number of carbonyl (C=O) groups is 1. The average Bonchev–Trinajstić information content (AvgIpc) is 2.52. The van der Waals surface area contributed by atoms with E-state index in [0.717, 1.165) is 34.6 Å². The van der Waals surface area contributed by atoms with Crippen LogP contribution in [0, 0.1) is 0 Å². The fraction of sp³-hybridized carbons (Fsp3) is 0.353. The van der Waals surface area contributed by atoms with Crippen molar-refractivity contribution in [2.24, 2.45) is 0 Å². The Morgan fingerprint density at radius 2 is 2.00 bits per heavy atom. The molecule has 4 heteroatoms. The summed E-state index contributed by atoms with van der Waals surface area (Å²) in [6.07, 6.45) is 2.09. The van der Waals surface area contributed by atoms with Crippen molar-refractivity contribution in [3.05, 3.63) is 40.9 Å². The first-order chi connectivity index (χ1) is 10.1. The van der Waals surface area contributed by atoms with Gasteiger partial charge in [0.2, 0.25) is 0 Å². The zero-order valence-corrected chi connectivity index (χ0v) is 14.0. The molecule has 0 radical (unpaired) electrons. The quantitative estimate of drug-likeness (QED) is 0.780. The molecule has 0 spiro atoms. The Balaban J connectivity index is 2.03. The molecule has 21 heavy (non-hydrogen) atoms. The number of fused-ring (bicyclic) bond motifs is 1. The van der Waals surface area contributed by atoms with Gasteiger partial charge in [-0.2, -0.15) is 0 Å². The van der Waals surface area contributed by atoms with E-state index in [1.807, 2.05) is 43.4 Å². The van der Waals surface area contributed by atoms with Crippen LogP contribution in [0.5, 0.6) is 5.75 Å². The third kappa shape index (κ3) is 3.97. The van der Waals surface area contributed by atoms with Crippen molar-refractivity contribution >= 4 is 32.6 Å². The summed E-state index contributed by atoms with van der Waals surface area (Å²) in [6.45, 7) is 2.95. The van der Waals surface area contributed by atoms with Gasteiger partial charge in [-0.25, -0.2) is 0 Å². The van der Waals surface area contributed by atoms with Gasteiger partial charge in [-0.15, -0.1) is 0 Å². The Morgan fingerprint density at radius 1 is 1.24 bits per heavy atom. The summed E-state index contributed by atoms with van der Waals surface area (Å²) < 4.78 is 6.56. The van der Waals surface area contributed by atoms with Gasteiger partial charge < -0.3 is 9.64 Å². The monoisotopic (exact) mass is 349 g/mol. The standard InChI is InChI=1S/C17H20BrNO2/c1-3-4-11-19(2)16(20)12-21-15-10-9-13-7-5-6-8-14(13)17(15)18/h5-10H,3-4,11-12H2,1-2H3. The van der Waals surface area contributed by atoms with Crippen molar-refractivity contribution in [3.8, 4) is 5.75 Å². The first-order valence-corrected chi connectivity index (χ1v) is 7.96. The molecule has 2 aromatic rings. The number of unbranched alkanes of at least 4 members (excludes halogenated alkanes) is 1. The van der Waals surface area contributed by atoms with Gasteiger partial charge in [0.25, 0.3) is 5.91 Å². The zero-order chi connectivity index (χ0) is 15.2. The lowest BCUT2D eigenvalue weighted by atomic mass is 10.1. The van der Waals surface area contributed by atoms with Crippen LogP contribution in [-0.2, 0) is 4.79 Å². The van der Waals surface area contributed by atoms with Crippen LogP contribution in [0.4, 0.5) is 0 Å². The van der Waals surface area contributed by atoms with Gasteiger partial charge in [-0.05, 0) is 39.2 Å². The molecule has 0 fully saturated rings. The number of hydrogen-bond acceptors (Lipinski definition) is 2. The zero-order valence-electron chi connectivity index (χ0n) is 12.4. The normalized spacial score (nSPS) is 10.6. The second-order valence-corrected chi connectivity index (χ2v) is 5.85. The molecule has 0 saturated carbocycles. The van der Waals surface area contributed by atoms with Gasteiger partial charge in [-0.1, -0.05) is 43.7 Å². The maximum Gasteiger partial charge on any atom is 0.260 e. The van der Waals surface area contributed by atoms with Crippen LogP contribution < -0.4 is 4.74 Å². The molecule has 0 aliphatic carbocycles. The fourth-order valence-corrected chi connectivity index (χ4v) is 2.70. The summed E-state index contributed by atoms with van der Waals surface area (Å²) in [6, 6.07) is 12.0. The SMILES string of the molecule is CCCCN(C)C(=O)COc1ccc2ccccc2c1Br. The molecule has 0 atom stereocenters. The lowest BCUT2D eigenvalue weighted by Crippen LogP contribution is -2.32. The van der Waals surface area contributed by atoms with E-state index < -0.39 is 0 Å². The maximum atomic E-state index is 12.0. The third-order valence-corrected chi connectivity index (χ3v) is 4.27. The predicted octanol–water partition coefficient (Wildman–Crippen LogP) is 4.24. The molecule has 2 aromatic carbocycles. The number of ether oxygens (including phenoxy) is 1. The van der Waals surface area contributed by atoms with Crippen molar-refractivity contribution in [2.75, 3.05) is 20.2 Å². The third-order valence-electron chi connectivity index (χ3n) is 3.45. The number of hydrogen-bond donors (Lipinski definition) is 0. The molecule has 0 bridgehead atoms. The highest BCUT2D eigenvalue weighted by Gasteiger charge is 2.11. The Bertz CT molecular complexity index is 627. The van der Waals surface area contributed by atoms with Crippen molar-refractivity contribution in [3.63, 3.8) is 0 Å². The molecule has 0 N–H and O–H groups in total. The molecular weight excluding hydrogens is 330 g/mol. The largest absolute Gasteiger partial charge is 0.483 e. The molecular formula is C17H20BrNO2. The Labute approximate surface area is 134 Å². The smallest absolute Gasteiger partial charge is 0.260 e. The molecule has 0 heterocycles. The van der Waals surface area contributed by atoms with Crippen LogP contribution in [0.25, 0.3) is 10.8 Å². The average molecular weight is 350 g/mol. The molecule has 0 saturated heterocycles.